The Balaban J connectivity index is 2.00. The van der Waals surface area contributed by atoms with Gasteiger partial charge in [-0.15, -0.1) is 0 Å². The van der Waals surface area contributed by atoms with Gasteiger partial charge in [0, 0.05) is 22.8 Å². The summed E-state index contributed by atoms with van der Waals surface area (Å²) in [5.41, 5.74) is 8.02. The van der Waals surface area contributed by atoms with Crippen LogP contribution in [0.25, 0.3) is 0 Å². The molecule has 32 heavy (non-hydrogen) atoms. The Bertz CT molecular complexity index is 1030. The lowest BCUT2D eigenvalue weighted by molar-refractivity contribution is 0.643. The summed E-state index contributed by atoms with van der Waals surface area (Å²) in [5.74, 6) is 0. The Morgan fingerprint density at radius 2 is 1.22 bits per heavy atom. The average molecular weight is 429 g/mol. The smallest absolute Gasteiger partial charge is 0.0867 e. The average Bonchev–Trinajstić information content (AvgIpc) is 2.75. The van der Waals surface area contributed by atoms with Crippen molar-refractivity contribution in [2.24, 2.45) is 9.98 Å². The number of fused-ring (bicyclic) bond motifs is 2. The van der Waals surface area contributed by atoms with E-state index in [9.17, 15) is 0 Å². The zero-order valence-corrected chi connectivity index (χ0v) is 19.9. The van der Waals surface area contributed by atoms with E-state index < -0.39 is 0 Å². The fourth-order valence-corrected chi connectivity index (χ4v) is 3.86. The van der Waals surface area contributed by atoms with Crippen molar-refractivity contribution in [2.75, 3.05) is 10.6 Å². The van der Waals surface area contributed by atoms with Crippen molar-refractivity contribution >= 4 is 34.2 Å². The molecule has 0 unspecified atom stereocenters. The second-order valence-corrected chi connectivity index (χ2v) is 8.46. The van der Waals surface area contributed by atoms with Gasteiger partial charge in [0.1, 0.15) is 0 Å². The number of hydrogen-bond donors (Lipinski definition) is 2. The largest absolute Gasteiger partial charge is 0.357 e. The van der Waals surface area contributed by atoms with Crippen molar-refractivity contribution in [1.29, 1.82) is 0 Å². The summed E-state index contributed by atoms with van der Waals surface area (Å²) in [6.45, 7) is 8.44. The van der Waals surface area contributed by atoms with Crippen molar-refractivity contribution in [1.82, 2.24) is 0 Å². The van der Waals surface area contributed by atoms with Gasteiger partial charge in [-0.2, -0.15) is 0 Å². The van der Waals surface area contributed by atoms with E-state index in [4.69, 9.17) is 9.98 Å². The minimum absolute atomic E-state index is 0.928. The summed E-state index contributed by atoms with van der Waals surface area (Å²) < 4.78 is 0. The van der Waals surface area contributed by atoms with E-state index in [2.05, 4.69) is 61.8 Å². The molecule has 0 saturated heterocycles. The third kappa shape index (κ3) is 7.23. The summed E-state index contributed by atoms with van der Waals surface area (Å²) >= 11 is 0. The number of para-hydroxylation sites is 4. The van der Waals surface area contributed by atoms with Crippen LogP contribution in [0.5, 0.6) is 0 Å². The van der Waals surface area contributed by atoms with E-state index in [1.807, 2.05) is 37.3 Å². The Kier molecular flexibility index (Phi) is 8.85. The Hall–Kier alpha value is -3.14. The van der Waals surface area contributed by atoms with Crippen LogP contribution < -0.4 is 10.6 Å². The van der Waals surface area contributed by atoms with Crippen LogP contribution in [0.2, 0.25) is 0 Å². The second-order valence-electron chi connectivity index (χ2n) is 8.46. The highest BCUT2D eigenvalue weighted by molar-refractivity contribution is 5.99. The summed E-state index contributed by atoms with van der Waals surface area (Å²) in [6.07, 6.45) is 11.5. The van der Waals surface area contributed by atoms with Gasteiger partial charge in [-0.25, -0.2) is 0 Å². The van der Waals surface area contributed by atoms with Crippen molar-refractivity contribution < 1.29 is 0 Å². The van der Waals surface area contributed by atoms with Gasteiger partial charge in [0.25, 0.3) is 0 Å². The number of nitrogens with zero attached hydrogens (tertiary/aromatic N) is 2. The van der Waals surface area contributed by atoms with Gasteiger partial charge in [-0.05, 0) is 70.0 Å². The van der Waals surface area contributed by atoms with Gasteiger partial charge < -0.3 is 10.6 Å². The highest BCUT2D eigenvalue weighted by Crippen LogP contribution is 2.29. The lowest BCUT2D eigenvalue weighted by Crippen LogP contribution is -2.04. The Morgan fingerprint density at radius 1 is 0.656 bits per heavy atom. The number of allylic oxidation sites excluding steroid dienone is 4. The zero-order chi connectivity index (χ0) is 22.8. The van der Waals surface area contributed by atoms with Crippen molar-refractivity contribution in [3.63, 3.8) is 0 Å². The van der Waals surface area contributed by atoms with Crippen LogP contribution in [0.15, 0.2) is 82.1 Å². The van der Waals surface area contributed by atoms with Gasteiger partial charge in [-0.1, -0.05) is 56.9 Å². The first-order valence-electron chi connectivity index (χ1n) is 11.8. The third-order valence-electron chi connectivity index (χ3n) is 5.38. The molecule has 4 nitrogen and oxygen atoms in total. The fraction of sp³-hybridized carbons (Fsp3) is 0.357. The molecule has 0 radical (unpaired) electrons. The minimum Gasteiger partial charge on any atom is -0.357 e. The summed E-state index contributed by atoms with van der Waals surface area (Å²) in [6, 6.07) is 16.4. The highest BCUT2D eigenvalue weighted by atomic mass is 14.9. The van der Waals surface area contributed by atoms with Crippen LogP contribution in [0.4, 0.5) is 22.7 Å². The number of hydrogen-bond acceptors (Lipinski definition) is 4. The Morgan fingerprint density at radius 3 is 1.88 bits per heavy atom. The molecule has 0 aromatic heterocycles. The third-order valence-corrected chi connectivity index (χ3v) is 5.38. The van der Waals surface area contributed by atoms with E-state index in [1.165, 1.54) is 25.7 Å². The van der Waals surface area contributed by atoms with Crippen LogP contribution in [0.3, 0.4) is 0 Å². The molecule has 2 aromatic carbocycles. The standard InChI is InChI=1S/C28H36N4/c1-5-6-7-8-9-14-24-20-23(4)31-26-16-11-10-15-25(26)29-21(2)19-22(3)30-27-17-12-13-18-28(27)32-24/h10-13,15-20,30-31H,5-9,14H2,1-4H3/b22-19-,23-20-,29-21?,32-24?. The maximum atomic E-state index is 5.09. The first-order valence-corrected chi connectivity index (χ1v) is 11.8. The fourth-order valence-electron chi connectivity index (χ4n) is 3.86. The first kappa shape index (κ1) is 23.5. The minimum atomic E-state index is 0.928. The van der Waals surface area contributed by atoms with Crippen LogP contribution >= 0.6 is 0 Å². The Labute approximate surface area is 193 Å². The summed E-state index contributed by atoms with van der Waals surface area (Å²) in [5, 5.41) is 7.07. The second kappa shape index (κ2) is 12.0. The van der Waals surface area contributed by atoms with Crippen LogP contribution in [-0.4, -0.2) is 11.4 Å². The molecule has 3 rings (SSSR count). The van der Waals surface area contributed by atoms with Gasteiger partial charge >= 0.3 is 0 Å². The molecule has 0 amide bonds. The van der Waals surface area contributed by atoms with Gasteiger partial charge in [0.15, 0.2) is 0 Å². The highest BCUT2D eigenvalue weighted by Gasteiger charge is 2.07. The number of nitrogens with one attached hydrogen (secondary N) is 2. The molecule has 1 aliphatic heterocycles. The number of benzene rings is 2. The summed E-state index contributed by atoms with van der Waals surface area (Å²) in [4.78, 5) is 9.93. The van der Waals surface area contributed by atoms with Crippen molar-refractivity contribution in [3.05, 3.63) is 72.1 Å². The van der Waals surface area contributed by atoms with E-state index in [1.54, 1.807) is 0 Å². The molecular formula is C28H36N4. The molecule has 1 aliphatic rings. The number of anilines is 2. The molecule has 1 heterocycles. The molecule has 0 aliphatic carbocycles. The molecular weight excluding hydrogens is 392 g/mol. The van der Waals surface area contributed by atoms with E-state index in [0.29, 0.717) is 0 Å². The number of unbranched alkanes of at least 4 members (excludes halogenated alkanes) is 4. The maximum Gasteiger partial charge on any atom is 0.0867 e. The van der Waals surface area contributed by atoms with Crippen molar-refractivity contribution in [3.8, 4) is 0 Å². The van der Waals surface area contributed by atoms with Crippen LogP contribution in [-0.2, 0) is 0 Å². The number of aliphatic imine (C=N–C) groups is 2. The van der Waals surface area contributed by atoms with Gasteiger partial charge in [-0.3, -0.25) is 9.98 Å². The van der Waals surface area contributed by atoms with Gasteiger partial charge in [0.2, 0.25) is 0 Å². The molecule has 0 spiro atoms. The monoisotopic (exact) mass is 428 g/mol. The van der Waals surface area contributed by atoms with E-state index >= 15 is 0 Å². The van der Waals surface area contributed by atoms with Crippen LogP contribution in [0.1, 0.15) is 66.2 Å². The first-order chi connectivity index (χ1) is 15.5. The van der Waals surface area contributed by atoms with Crippen molar-refractivity contribution in [2.45, 2.75) is 66.2 Å². The lowest BCUT2D eigenvalue weighted by Gasteiger charge is -2.14. The topological polar surface area (TPSA) is 48.8 Å². The molecule has 0 fully saturated rings. The van der Waals surface area contributed by atoms with Gasteiger partial charge in [0.05, 0.1) is 22.7 Å². The van der Waals surface area contributed by atoms with E-state index in [0.717, 1.165) is 58.4 Å². The van der Waals surface area contributed by atoms with Crippen LogP contribution in [0, 0.1) is 0 Å². The quantitative estimate of drug-likeness (QED) is 0.453. The molecule has 0 atom stereocenters. The maximum absolute atomic E-state index is 5.09. The molecule has 4 heteroatoms. The molecule has 168 valence electrons. The molecule has 0 saturated carbocycles. The lowest BCUT2D eigenvalue weighted by atomic mass is 10.1. The predicted molar refractivity (Wildman–Crippen MR) is 141 cm³/mol. The van der Waals surface area contributed by atoms with E-state index in [-0.39, 0.29) is 0 Å². The molecule has 2 N–H and O–H groups in total. The normalized spacial score (nSPS) is 17.6. The molecule has 2 aromatic rings. The summed E-state index contributed by atoms with van der Waals surface area (Å²) in [7, 11) is 0. The number of rotatable bonds is 6. The zero-order valence-electron chi connectivity index (χ0n) is 19.9. The predicted octanol–water partition coefficient (Wildman–Crippen LogP) is 8.56. The molecule has 0 bridgehead atoms. The SMILES string of the molecule is CCCCCCCC1=Nc2ccccc2N/C(C)=C\C(C)=Nc2ccccc2N/C(C)=C\1.